The van der Waals surface area contributed by atoms with Crippen LogP contribution in [0.15, 0.2) is 24.3 Å². The number of halogens is 1. The van der Waals surface area contributed by atoms with Crippen molar-refractivity contribution >= 4 is 27.3 Å². The van der Waals surface area contributed by atoms with Crippen molar-refractivity contribution in [2.75, 3.05) is 19.6 Å². The normalized spacial score (nSPS) is 28.3. The number of rotatable bonds is 1. The van der Waals surface area contributed by atoms with Gasteiger partial charge in [0, 0.05) is 30.4 Å². The number of benzene rings is 1. The molecular weight excluding hydrogens is 287 g/mol. The molecule has 4 rings (SSSR count). The standard InChI is InChI=1S/C16H17FN2OS/c1-9-13-7-18-6-11(13)8-19(9)16(20)15-4-10-2-3-12(17)5-14(10)21-15/h2-5,9,11,13,18H,6-8H2,1H3. The maximum Gasteiger partial charge on any atom is 0.264 e. The predicted octanol–water partition coefficient (Wildman–Crippen LogP) is 2.72. The van der Waals surface area contributed by atoms with Gasteiger partial charge in [0.15, 0.2) is 0 Å². The number of hydrogen-bond donors (Lipinski definition) is 1. The van der Waals surface area contributed by atoms with Crippen LogP contribution in [-0.2, 0) is 0 Å². The van der Waals surface area contributed by atoms with E-state index in [4.69, 9.17) is 0 Å². The Morgan fingerprint density at radius 3 is 3.05 bits per heavy atom. The van der Waals surface area contributed by atoms with Gasteiger partial charge in [0.25, 0.3) is 5.91 Å². The highest BCUT2D eigenvalue weighted by atomic mass is 32.1. The molecule has 0 aliphatic carbocycles. The molecule has 3 nitrogen and oxygen atoms in total. The van der Waals surface area contributed by atoms with Crippen LogP contribution < -0.4 is 5.32 Å². The zero-order chi connectivity index (χ0) is 14.6. The van der Waals surface area contributed by atoms with Crippen LogP contribution in [0.1, 0.15) is 16.6 Å². The second-order valence-corrected chi connectivity index (χ2v) is 7.16. The summed E-state index contributed by atoms with van der Waals surface area (Å²) in [5.41, 5.74) is 0. The van der Waals surface area contributed by atoms with Gasteiger partial charge in [-0.1, -0.05) is 6.07 Å². The molecule has 1 N–H and O–H groups in total. The maximum absolute atomic E-state index is 13.3. The van der Waals surface area contributed by atoms with E-state index in [0.717, 1.165) is 34.6 Å². The third kappa shape index (κ3) is 2.07. The molecule has 3 heterocycles. The third-order valence-electron chi connectivity index (χ3n) is 4.89. The molecule has 0 bridgehead atoms. The minimum absolute atomic E-state index is 0.0958. The summed E-state index contributed by atoms with van der Waals surface area (Å²) in [6.07, 6.45) is 0. The number of hydrogen-bond acceptors (Lipinski definition) is 3. The van der Waals surface area contributed by atoms with Gasteiger partial charge in [-0.25, -0.2) is 4.39 Å². The Bertz CT molecular complexity index is 713. The number of likely N-dealkylation sites (tertiary alicyclic amines) is 1. The van der Waals surface area contributed by atoms with Gasteiger partial charge in [0.1, 0.15) is 5.82 Å². The number of thiophene rings is 1. The molecule has 21 heavy (non-hydrogen) atoms. The van der Waals surface area contributed by atoms with Crippen molar-refractivity contribution in [3.05, 3.63) is 35.0 Å². The Hall–Kier alpha value is -1.46. The van der Waals surface area contributed by atoms with E-state index in [2.05, 4.69) is 12.2 Å². The average Bonchev–Trinajstić information content (AvgIpc) is 3.14. The van der Waals surface area contributed by atoms with Crippen LogP contribution in [0.2, 0.25) is 0 Å². The van der Waals surface area contributed by atoms with Gasteiger partial charge in [-0.15, -0.1) is 11.3 Å². The molecule has 3 atom stereocenters. The highest BCUT2D eigenvalue weighted by Gasteiger charge is 2.44. The molecular formula is C16H17FN2OS. The van der Waals surface area contributed by atoms with Gasteiger partial charge in [-0.2, -0.15) is 0 Å². The second kappa shape index (κ2) is 4.78. The number of fused-ring (bicyclic) bond motifs is 2. The molecule has 110 valence electrons. The smallest absolute Gasteiger partial charge is 0.264 e. The minimum Gasteiger partial charge on any atom is -0.335 e. The highest BCUT2D eigenvalue weighted by molar-refractivity contribution is 7.20. The van der Waals surface area contributed by atoms with E-state index in [1.807, 2.05) is 11.0 Å². The number of nitrogens with one attached hydrogen (secondary N) is 1. The quantitative estimate of drug-likeness (QED) is 0.878. The van der Waals surface area contributed by atoms with Crippen LogP contribution >= 0.6 is 11.3 Å². The lowest BCUT2D eigenvalue weighted by molar-refractivity contribution is 0.0733. The van der Waals surface area contributed by atoms with Crippen molar-refractivity contribution in [2.45, 2.75) is 13.0 Å². The van der Waals surface area contributed by atoms with Gasteiger partial charge in [0.2, 0.25) is 0 Å². The summed E-state index contributed by atoms with van der Waals surface area (Å²) in [7, 11) is 0. The summed E-state index contributed by atoms with van der Waals surface area (Å²) in [6.45, 7) is 4.99. The van der Waals surface area contributed by atoms with E-state index < -0.39 is 0 Å². The fourth-order valence-electron chi connectivity index (χ4n) is 3.69. The average molecular weight is 304 g/mol. The number of amides is 1. The Morgan fingerprint density at radius 2 is 2.24 bits per heavy atom. The minimum atomic E-state index is -0.251. The summed E-state index contributed by atoms with van der Waals surface area (Å²) in [6, 6.07) is 6.85. The topological polar surface area (TPSA) is 32.3 Å². The molecule has 2 aliphatic heterocycles. The Balaban J connectivity index is 1.64. The van der Waals surface area contributed by atoms with Crippen LogP contribution in [0.4, 0.5) is 4.39 Å². The van der Waals surface area contributed by atoms with Crippen LogP contribution in [0.25, 0.3) is 10.1 Å². The SMILES string of the molecule is CC1C2CNCC2CN1C(=O)c1cc2ccc(F)cc2s1. The monoisotopic (exact) mass is 304 g/mol. The van der Waals surface area contributed by atoms with Gasteiger partial charge < -0.3 is 10.2 Å². The Labute approximate surface area is 126 Å². The largest absolute Gasteiger partial charge is 0.335 e. The lowest BCUT2D eigenvalue weighted by Crippen LogP contribution is -2.37. The molecule has 0 spiro atoms. The molecule has 5 heteroatoms. The van der Waals surface area contributed by atoms with Gasteiger partial charge >= 0.3 is 0 Å². The van der Waals surface area contributed by atoms with Gasteiger partial charge in [-0.3, -0.25) is 4.79 Å². The lowest BCUT2D eigenvalue weighted by atomic mass is 9.95. The predicted molar refractivity (Wildman–Crippen MR) is 82.1 cm³/mol. The fraction of sp³-hybridized carbons (Fsp3) is 0.438. The number of carbonyl (C=O) groups is 1. The maximum atomic E-state index is 13.3. The van der Waals surface area contributed by atoms with Crippen LogP contribution in [0.5, 0.6) is 0 Å². The first kappa shape index (κ1) is 13.2. The van der Waals surface area contributed by atoms with E-state index in [9.17, 15) is 9.18 Å². The highest BCUT2D eigenvalue weighted by Crippen LogP contribution is 2.35. The summed E-state index contributed by atoms with van der Waals surface area (Å²) in [5.74, 6) is 0.994. The van der Waals surface area contributed by atoms with Crippen molar-refractivity contribution in [1.82, 2.24) is 10.2 Å². The van der Waals surface area contributed by atoms with Crippen molar-refractivity contribution < 1.29 is 9.18 Å². The molecule has 2 saturated heterocycles. The summed E-state index contributed by atoms with van der Waals surface area (Å²) in [5, 5.41) is 4.35. The zero-order valence-corrected chi connectivity index (χ0v) is 12.6. The van der Waals surface area contributed by atoms with Crippen molar-refractivity contribution in [2.24, 2.45) is 11.8 Å². The number of nitrogens with zero attached hydrogens (tertiary/aromatic N) is 1. The van der Waals surface area contributed by atoms with E-state index in [0.29, 0.717) is 11.8 Å². The molecule has 0 saturated carbocycles. The van der Waals surface area contributed by atoms with Crippen molar-refractivity contribution in [1.29, 1.82) is 0 Å². The number of carbonyl (C=O) groups excluding carboxylic acids is 1. The summed E-state index contributed by atoms with van der Waals surface area (Å²) < 4.78 is 14.1. The second-order valence-electron chi connectivity index (χ2n) is 6.07. The Morgan fingerprint density at radius 1 is 1.38 bits per heavy atom. The van der Waals surface area contributed by atoms with E-state index in [1.165, 1.54) is 23.5 Å². The lowest BCUT2D eigenvalue weighted by Gasteiger charge is -2.23. The van der Waals surface area contributed by atoms with E-state index in [1.54, 1.807) is 6.07 Å². The zero-order valence-electron chi connectivity index (χ0n) is 11.8. The van der Waals surface area contributed by atoms with E-state index in [-0.39, 0.29) is 17.8 Å². The van der Waals surface area contributed by atoms with Crippen LogP contribution in [0, 0.1) is 17.7 Å². The molecule has 1 aromatic carbocycles. The summed E-state index contributed by atoms with van der Waals surface area (Å²) in [4.78, 5) is 15.5. The molecule has 2 aromatic rings. The molecule has 2 aliphatic rings. The first-order chi connectivity index (χ1) is 10.1. The summed E-state index contributed by atoms with van der Waals surface area (Å²) >= 11 is 1.39. The van der Waals surface area contributed by atoms with E-state index >= 15 is 0 Å². The molecule has 1 aromatic heterocycles. The first-order valence-electron chi connectivity index (χ1n) is 7.34. The van der Waals surface area contributed by atoms with Gasteiger partial charge in [0.05, 0.1) is 4.88 Å². The molecule has 1 amide bonds. The van der Waals surface area contributed by atoms with Gasteiger partial charge in [-0.05, 0) is 42.3 Å². The molecule has 0 radical (unpaired) electrons. The van der Waals surface area contributed by atoms with Crippen LogP contribution in [0.3, 0.4) is 0 Å². The fourth-order valence-corrected chi connectivity index (χ4v) is 4.73. The third-order valence-corrected chi connectivity index (χ3v) is 5.97. The van der Waals surface area contributed by atoms with Crippen molar-refractivity contribution in [3.8, 4) is 0 Å². The van der Waals surface area contributed by atoms with Crippen molar-refractivity contribution in [3.63, 3.8) is 0 Å². The molecule has 3 unspecified atom stereocenters. The molecule has 2 fully saturated rings. The Kier molecular flexibility index (Phi) is 3.01. The first-order valence-corrected chi connectivity index (χ1v) is 8.16. The van der Waals surface area contributed by atoms with Crippen LogP contribution in [-0.4, -0.2) is 36.5 Å².